The minimum absolute atomic E-state index is 1.25. The second-order valence-electron chi connectivity index (χ2n) is 21.6. The van der Waals surface area contributed by atoms with Gasteiger partial charge in [0.1, 0.15) is 0 Å². The molecule has 0 amide bonds. The van der Waals surface area contributed by atoms with Gasteiger partial charge in [-0.1, -0.05) is 366 Å². The van der Waals surface area contributed by atoms with Crippen LogP contribution in [0.1, 0.15) is 372 Å². The zero-order valence-electron chi connectivity index (χ0n) is 44.8. The lowest BCUT2D eigenvalue weighted by Crippen LogP contribution is -1.96. The maximum absolute atomic E-state index is 3.63. The van der Waals surface area contributed by atoms with Gasteiger partial charge in [0.2, 0.25) is 0 Å². The zero-order chi connectivity index (χ0) is 45.6. The number of benzene rings is 1. The standard InChI is InChI=1S/C64H121/c1-3-5-7-9-11-13-15-17-19-21-23-25-27-29-31-33-35-37-39-41-43-45-47-49-51-53-55-59-63-61-57-58-62-64(63)60-56-54-52-50-48-46-44-42-40-38-36-34-32-30-28-26-24-22-20-18-16-14-12-10-8-6-4-2/h57-58,61H,3-56,59-60H2,1-2H3. The van der Waals surface area contributed by atoms with Gasteiger partial charge in [0.15, 0.2) is 0 Å². The Hall–Kier alpha value is -0.780. The van der Waals surface area contributed by atoms with Crippen molar-refractivity contribution < 1.29 is 0 Å². The molecule has 1 aromatic carbocycles. The molecule has 0 fully saturated rings. The smallest absolute Gasteiger partial charge is 0.0146 e. The Morgan fingerprint density at radius 1 is 0.234 bits per heavy atom. The lowest BCUT2D eigenvalue weighted by atomic mass is 9.96. The van der Waals surface area contributed by atoms with Crippen molar-refractivity contribution in [2.45, 2.75) is 373 Å². The third kappa shape index (κ3) is 47.7. The van der Waals surface area contributed by atoms with Crippen molar-refractivity contribution >= 4 is 0 Å². The Labute approximate surface area is 407 Å². The van der Waals surface area contributed by atoms with E-state index in [2.05, 4.69) is 38.1 Å². The highest BCUT2D eigenvalue weighted by Crippen LogP contribution is 2.21. The molecule has 0 aliphatic heterocycles. The summed E-state index contributed by atoms with van der Waals surface area (Å²) in [6, 6.07) is 10.4. The summed E-state index contributed by atoms with van der Waals surface area (Å²) in [5, 5.41) is 0. The van der Waals surface area contributed by atoms with Gasteiger partial charge in [0.25, 0.3) is 0 Å². The van der Waals surface area contributed by atoms with E-state index >= 15 is 0 Å². The first-order valence-electron chi connectivity index (χ1n) is 30.9. The van der Waals surface area contributed by atoms with Crippen LogP contribution in [0.5, 0.6) is 0 Å². The third-order valence-corrected chi connectivity index (χ3v) is 15.1. The van der Waals surface area contributed by atoms with Gasteiger partial charge in [-0.05, 0) is 42.9 Å². The maximum atomic E-state index is 3.63. The number of aryl methyl sites for hydroxylation is 2. The Morgan fingerprint density at radius 3 is 0.641 bits per heavy atom. The molecular weight excluding hydrogens is 769 g/mol. The highest BCUT2D eigenvalue weighted by Gasteiger charge is 2.04. The van der Waals surface area contributed by atoms with E-state index in [1.807, 2.05) is 0 Å². The average Bonchev–Trinajstić information content (AvgIpc) is 3.31. The molecule has 0 atom stereocenters. The molecule has 1 radical (unpaired) electrons. The number of rotatable bonds is 56. The second-order valence-corrected chi connectivity index (χ2v) is 21.6. The highest BCUT2D eigenvalue weighted by atomic mass is 14.1. The fourth-order valence-corrected chi connectivity index (χ4v) is 10.6. The van der Waals surface area contributed by atoms with E-state index < -0.39 is 0 Å². The summed E-state index contributed by atoms with van der Waals surface area (Å²) in [4.78, 5) is 0. The van der Waals surface area contributed by atoms with Crippen molar-refractivity contribution in [3.8, 4) is 0 Å². The Kier molecular flexibility index (Phi) is 52.5. The van der Waals surface area contributed by atoms with Crippen LogP contribution in [0.25, 0.3) is 0 Å². The number of hydrogen-bond donors (Lipinski definition) is 0. The summed E-state index contributed by atoms with van der Waals surface area (Å²) in [6.07, 6.45) is 81.7. The molecule has 0 spiro atoms. The minimum Gasteiger partial charge on any atom is -0.0654 e. The summed E-state index contributed by atoms with van der Waals surface area (Å²) >= 11 is 0. The van der Waals surface area contributed by atoms with Crippen molar-refractivity contribution in [2.75, 3.05) is 0 Å². The van der Waals surface area contributed by atoms with Crippen LogP contribution in [0, 0.1) is 6.07 Å². The first kappa shape index (κ1) is 61.2. The first-order valence-corrected chi connectivity index (χ1v) is 30.9. The van der Waals surface area contributed by atoms with E-state index in [1.165, 1.54) is 365 Å². The van der Waals surface area contributed by atoms with E-state index in [4.69, 9.17) is 0 Å². The summed E-state index contributed by atoms with van der Waals surface area (Å²) in [7, 11) is 0. The van der Waals surface area contributed by atoms with Crippen LogP contribution < -0.4 is 0 Å². The summed E-state index contributed by atoms with van der Waals surface area (Å²) in [5.41, 5.74) is 3.12. The van der Waals surface area contributed by atoms with Gasteiger partial charge in [-0.2, -0.15) is 0 Å². The fraction of sp³-hybridized carbons (Fsp3) is 0.906. The quantitative estimate of drug-likeness (QED) is 0.0572. The minimum atomic E-state index is 1.25. The van der Waals surface area contributed by atoms with Crippen LogP contribution in [0.2, 0.25) is 0 Å². The predicted octanol–water partition coefficient (Wildman–Crippen LogP) is 23.7. The van der Waals surface area contributed by atoms with Crippen LogP contribution in [-0.2, 0) is 12.8 Å². The Balaban J connectivity index is 1.77. The summed E-state index contributed by atoms with van der Waals surface area (Å²) in [5.74, 6) is 0. The van der Waals surface area contributed by atoms with Gasteiger partial charge in [0, 0.05) is 0 Å². The topological polar surface area (TPSA) is 0 Å². The van der Waals surface area contributed by atoms with E-state index in [0.717, 1.165) is 0 Å². The molecule has 0 aliphatic rings. The van der Waals surface area contributed by atoms with Gasteiger partial charge >= 0.3 is 0 Å². The molecule has 0 aromatic heterocycles. The molecular formula is C64H121. The molecule has 0 saturated heterocycles. The van der Waals surface area contributed by atoms with E-state index in [9.17, 15) is 0 Å². The molecule has 0 heteroatoms. The monoisotopic (exact) mass is 890 g/mol. The van der Waals surface area contributed by atoms with Gasteiger partial charge in [-0.15, -0.1) is 0 Å². The second kappa shape index (κ2) is 54.8. The molecule has 0 N–H and O–H groups in total. The molecule has 0 unspecified atom stereocenters. The molecule has 0 bridgehead atoms. The summed E-state index contributed by atoms with van der Waals surface area (Å²) in [6.45, 7) is 4.63. The molecule has 64 heavy (non-hydrogen) atoms. The van der Waals surface area contributed by atoms with E-state index in [1.54, 1.807) is 5.56 Å². The average molecular weight is 891 g/mol. The van der Waals surface area contributed by atoms with Gasteiger partial charge in [-0.25, -0.2) is 0 Å². The highest BCUT2D eigenvalue weighted by molar-refractivity contribution is 5.26. The number of unbranched alkanes of at least 4 members (excludes halogenated alkanes) is 52. The Morgan fingerprint density at radius 2 is 0.422 bits per heavy atom. The van der Waals surface area contributed by atoms with Crippen LogP contribution in [-0.4, -0.2) is 0 Å². The van der Waals surface area contributed by atoms with Crippen molar-refractivity contribution in [1.29, 1.82) is 0 Å². The lowest BCUT2D eigenvalue weighted by Gasteiger charge is -2.09. The summed E-state index contributed by atoms with van der Waals surface area (Å²) < 4.78 is 0. The molecule has 0 saturated carbocycles. The fourth-order valence-electron chi connectivity index (χ4n) is 10.6. The van der Waals surface area contributed by atoms with Crippen molar-refractivity contribution in [3.63, 3.8) is 0 Å². The molecule has 0 heterocycles. The van der Waals surface area contributed by atoms with Crippen molar-refractivity contribution in [3.05, 3.63) is 35.4 Å². The molecule has 0 nitrogen and oxygen atoms in total. The first-order chi connectivity index (χ1) is 31.9. The lowest BCUT2D eigenvalue weighted by molar-refractivity contribution is 0.514. The maximum Gasteiger partial charge on any atom is -0.0146 e. The van der Waals surface area contributed by atoms with Crippen LogP contribution in [0.15, 0.2) is 18.2 Å². The predicted molar refractivity (Wildman–Crippen MR) is 293 cm³/mol. The van der Waals surface area contributed by atoms with Crippen molar-refractivity contribution in [1.82, 2.24) is 0 Å². The van der Waals surface area contributed by atoms with Crippen molar-refractivity contribution in [2.24, 2.45) is 0 Å². The molecule has 1 rings (SSSR count). The largest absolute Gasteiger partial charge is 0.0654 e. The van der Waals surface area contributed by atoms with Gasteiger partial charge < -0.3 is 0 Å². The SMILES string of the molecule is CCCCCCCCCCCCCCCCCCCCCCCCCCCCCc1[c]cccc1CCCCCCCCCCCCCCCCCCCCCCCCCCCCC. The van der Waals surface area contributed by atoms with Crippen LogP contribution >= 0.6 is 0 Å². The van der Waals surface area contributed by atoms with Crippen LogP contribution in [0.3, 0.4) is 0 Å². The zero-order valence-corrected chi connectivity index (χ0v) is 44.8. The third-order valence-electron chi connectivity index (χ3n) is 15.1. The Bertz CT molecular complexity index is 884. The number of hydrogen-bond acceptors (Lipinski definition) is 0. The van der Waals surface area contributed by atoms with Gasteiger partial charge in [0.05, 0.1) is 0 Å². The van der Waals surface area contributed by atoms with Gasteiger partial charge in [-0.3, -0.25) is 0 Å². The molecule has 377 valence electrons. The normalized spacial score (nSPS) is 11.7. The van der Waals surface area contributed by atoms with E-state index in [0.29, 0.717) is 0 Å². The van der Waals surface area contributed by atoms with E-state index in [-0.39, 0.29) is 0 Å². The molecule has 1 aromatic rings. The molecule has 0 aliphatic carbocycles. The van der Waals surface area contributed by atoms with Crippen LogP contribution in [0.4, 0.5) is 0 Å².